The predicted molar refractivity (Wildman–Crippen MR) is 133 cm³/mol. The van der Waals surface area contributed by atoms with E-state index in [4.69, 9.17) is 4.74 Å². The van der Waals surface area contributed by atoms with E-state index in [0.29, 0.717) is 23.6 Å². The number of aryl methyl sites for hydroxylation is 2. The highest BCUT2D eigenvalue weighted by molar-refractivity contribution is 6.10. The van der Waals surface area contributed by atoms with Crippen LogP contribution in [0.4, 0.5) is 5.69 Å². The van der Waals surface area contributed by atoms with Crippen LogP contribution in [0.25, 0.3) is 16.8 Å². The molecule has 0 aromatic heterocycles. The van der Waals surface area contributed by atoms with Crippen molar-refractivity contribution in [3.8, 4) is 11.8 Å². The highest BCUT2D eigenvalue weighted by Gasteiger charge is 2.13. The molecule has 0 fully saturated rings. The normalized spacial score (nSPS) is 11.1. The molecule has 0 atom stereocenters. The highest BCUT2D eigenvalue weighted by atomic mass is 16.5. The minimum absolute atomic E-state index is 0.0104. The van der Waals surface area contributed by atoms with Crippen LogP contribution in [-0.2, 0) is 11.4 Å². The van der Waals surface area contributed by atoms with Gasteiger partial charge in [-0.15, -0.1) is 0 Å². The van der Waals surface area contributed by atoms with Gasteiger partial charge in [0.1, 0.15) is 24.0 Å². The fourth-order valence-corrected chi connectivity index (χ4v) is 3.75. The van der Waals surface area contributed by atoms with Crippen molar-refractivity contribution in [2.24, 2.45) is 0 Å². The van der Waals surface area contributed by atoms with E-state index in [0.717, 1.165) is 27.5 Å². The Morgan fingerprint density at radius 2 is 1.73 bits per heavy atom. The van der Waals surface area contributed by atoms with Gasteiger partial charge in [-0.25, -0.2) is 0 Å². The summed E-state index contributed by atoms with van der Waals surface area (Å²) in [4.78, 5) is 12.8. The van der Waals surface area contributed by atoms with Crippen LogP contribution >= 0.6 is 0 Å². The van der Waals surface area contributed by atoms with E-state index in [1.807, 2.05) is 86.6 Å². The Hall–Kier alpha value is -4.36. The second-order valence-electron chi connectivity index (χ2n) is 7.91. The number of hydrogen-bond acceptors (Lipinski definition) is 3. The second kappa shape index (κ2) is 9.84. The maximum Gasteiger partial charge on any atom is 0.266 e. The minimum atomic E-state index is -0.451. The van der Waals surface area contributed by atoms with Crippen LogP contribution in [0, 0.1) is 25.2 Å². The third-order valence-corrected chi connectivity index (χ3v) is 5.48. The molecule has 0 saturated carbocycles. The minimum Gasteiger partial charge on any atom is -0.488 e. The van der Waals surface area contributed by atoms with Gasteiger partial charge in [0.2, 0.25) is 0 Å². The van der Waals surface area contributed by atoms with Gasteiger partial charge in [-0.2, -0.15) is 5.26 Å². The number of benzene rings is 4. The van der Waals surface area contributed by atoms with Gasteiger partial charge >= 0.3 is 0 Å². The molecule has 4 aromatic carbocycles. The van der Waals surface area contributed by atoms with E-state index in [9.17, 15) is 10.1 Å². The van der Waals surface area contributed by atoms with Crippen LogP contribution in [0.2, 0.25) is 0 Å². The van der Waals surface area contributed by atoms with Crippen molar-refractivity contribution in [2.75, 3.05) is 5.32 Å². The molecule has 1 N–H and O–H groups in total. The molecule has 162 valence electrons. The van der Waals surface area contributed by atoms with Crippen molar-refractivity contribution in [2.45, 2.75) is 20.5 Å². The quantitative estimate of drug-likeness (QED) is 0.276. The van der Waals surface area contributed by atoms with Gasteiger partial charge in [0.25, 0.3) is 5.91 Å². The summed E-state index contributed by atoms with van der Waals surface area (Å²) in [5.41, 5.74) is 4.49. The molecular formula is C29H24N2O2. The van der Waals surface area contributed by atoms with Crippen LogP contribution in [0.15, 0.2) is 90.5 Å². The molecule has 4 heteroatoms. The number of anilines is 1. The number of carbonyl (C=O) groups is 1. The molecule has 33 heavy (non-hydrogen) atoms. The number of nitrogens with one attached hydrogen (secondary N) is 1. The van der Waals surface area contributed by atoms with Crippen LogP contribution in [0.5, 0.6) is 5.75 Å². The molecule has 4 rings (SSSR count). The first-order chi connectivity index (χ1) is 16.0. The summed E-state index contributed by atoms with van der Waals surface area (Å²) in [6.07, 6.45) is 1.57. The first-order valence-corrected chi connectivity index (χ1v) is 10.7. The Balaban J connectivity index is 1.56. The number of ether oxygens (including phenoxy) is 1. The van der Waals surface area contributed by atoms with Gasteiger partial charge in [0, 0.05) is 11.3 Å². The van der Waals surface area contributed by atoms with E-state index in [1.165, 1.54) is 0 Å². The topological polar surface area (TPSA) is 62.1 Å². The van der Waals surface area contributed by atoms with Crippen LogP contribution in [0.1, 0.15) is 22.3 Å². The average molecular weight is 433 g/mol. The van der Waals surface area contributed by atoms with Crippen molar-refractivity contribution in [1.82, 2.24) is 0 Å². The molecule has 0 heterocycles. The zero-order valence-electron chi connectivity index (χ0n) is 18.6. The van der Waals surface area contributed by atoms with Gasteiger partial charge in [0.15, 0.2) is 0 Å². The molecular weight excluding hydrogens is 408 g/mol. The molecule has 0 saturated heterocycles. The molecule has 1 amide bonds. The molecule has 0 aliphatic carbocycles. The van der Waals surface area contributed by atoms with Crippen molar-refractivity contribution in [3.63, 3.8) is 0 Å². The Bertz CT molecular complexity index is 1390. The molecule has 4 nitrogen and oxygen atoms in total. The van der Waals surface area contributed by atoms with Crippen LogP contribution < -0.4 is 10.1 Å². The summed E-state index contributed by atoms with van der Waals surface area (Å²) in [6.45, 7) is 4.30. The maximum absolute atomic E-state index is 12.8. The van der Waals surface area contributed by atoms with Crippen molar-refractivity contribution < 1.29 is 9.53 Å². The Kier molecular flexibility index (Phi) is 6.52. The van der Waals surface area contributed by atoms with Crippen LogP contribution in [0.3, 0.4) is 0 Å². The molecule has 0 radical (unpaired) electrons. The second-order valence-corrected chi connectivity index (χ2v) is 7.91. The predicted octanol–water partition coefficient (Wildman–Crippen LogP) is 6.58. The van der Waals surface area contributed by atoms with Crippen molar-refractivity contribution >= 4 is 28.4 Å². The molecule has 0 aliphatic heterocycles. The Labute approximate surface area is 193 Å². The van der Waals surface area contributed by atoms with E-state index in [1.54, 1.807) is 6.08 Å². The lowest BCUT2D eigenvalue weighted by molar-refractivity contribution is -0.112. The summed E-state index contributed by atoms with van der Waals surface area (Å²) < 4.78 is 6.12. The van der Waals surface area contributed by atoms with Gasteiger partial charge in [0.05, 0.1) is 0 Å². The lowest BCUT2D eigenvalue weighted by Crippen LogP contribution is -2.14. The van der Waals surface area contributed by atoms with Gasteiger partial charge < -0.3 is 10.1 Å². The molecule has 0 bridgehead atoms. The van der Waals surface area contributed by atoms with Gasteiger partial charge in [-0.3, -0.25) is 4.79 Å². The van der Waals surface area contributed by atoms with Gasteiger partial charge in [-0.1, -0.05) is 78.4 Å². The largest absolute Gasteiger partial charge is 0.488 e. The SMILES string of the molecule is Cc1ccc(NC(=O)/C(C#N)=C/c2ccccc2OCc2cccc3ccccc23)c(C)c1. The van der Waals surface area contributed by atoms with E-state index >= 15 is 0 Å². The summed E-state index contributed by atoms with van der Waals surface area (Å²) in [5.74, 6) is 0.158. The van der Waals surface area contributed by atoms with Gasteiger partial charge in [-0.05, 0) is 54.0 Å². The Morgan fingerprint density at radius 1 is 0.970 bits per heavy atom. The van der Waals surface area contributed by atoms with E-state index < -0.39 is 5.91 Å². The van der Waals surface area contributed by atoms with Crippen molar-refractivity contribution in [3.05, 3.63) is 113 Å². The summed E-state index contributed by atoms with van der Waals surface area (Å²) in [6, 6.07) is 29.5. The van der Waals surface area contributed by atoms with E-state index in [-0.39, 0.29) is 5.57 Å². The number of hydrogen-bond donors (Lipinski definition) is 1. The van der Waals surface area contributed by atoms with E-state index in [2.05, 4.69) is 23.5 Å². The monoisotopic (exact) mass is 432 g/mol. The Morgan fingerprint density at radius 3 is 2.55 bits per heavy atom. The summed E-state index contributed by atoms with van der Waals surface area (Å²) >= 11 is 0. The number of fused-ring (bicyclic) bond motifs is 1. The van der Waals surface area contributed by atoms with Crippen molar-refractivity contribution in [1.29, 1.82) is 5.26 Å². The maximum atomic E-state index is 12.8. The summed E-state index contributed by atoms with van der Waals surface area (Å²) in [5, 5.41) is 14.8. The summed E-state index contributed by atoms with van der Waals surface area (Å²) in [7, 11) is 0. The number of nitrogens with zero attached hydrogens (tertiary/aromatic N) is 1. The molecule has 0 unspecified atom stereocenters. The standard InChI is InChI=1S/C29H24N2O2/c1-20-14-15-27(21(2)16-20)31-29(32)25(18-30)17-23-9-4-6-13-28(23)33-19-24-11-7-10-22-8-3-5-12-26(22)24/h3-17H,19H2,1-2H3,(H,31,32)/b25-17+. The number of rotatable bonds is 6. The smallest absolute Gasteiger partial charge is 0.266 e. The fraction of sp³-hybridized carbons (Fsp3) is 0.103. The lowest BCUT2D eigenvalue weighted by Gasteiger charge is -2.12. The highest BCUT2D eigenvalue weighted by Crippen LogP contribution is 2.25. The zero-order valence-corrected chi connectivity index (χ0v) is 18.6. The lowest BCUT2D eigenvalue weighted by atomic mass is 10.1. The van der Waals surface area contributed by atoms with Crippen LogP contribution in [-0.4, -0.2) is 5.91 Å². The molecule has 0 spiro atoms. The zero-order chi connectivity index (χ0) is 23.2. The molecule has 4 aromatic rings. The number of para-hydroxylation sites is 1. The number of nitriles is 1. The first-order valence-electron chi connectivity index (χ1n) is 10.7. The fourth-order valence-electron chi connectivity index (χ4n) is 3.75. The third kappa shape index (κ3) is 5.11. The third-order valence-electron chi connectivity index (χ3n) is 5.48. The molecule has 0 aliphatic rings. The first kappa shape index (κ1) is 21.9. The average Bonchev–Trinajstić information content (AvgIpc) is 2.83. The number of carbonyl (C=O) groups excluding carboxylic acids is 1. The number of amides is 1.